The summed E-state index contributed by atoms with van der Waals surface area (Å²) < 4.78 is 5.76. The molecule has 1 saturated heterocycles. The molecule has 1 aliphatic heterocycles. The zero-order valence-electron chi connectivity index (χ0n) is 14.1. The molecule has 0 spiro atoms. The number of carbonyl (C=O) groups excluding carboxylic acids is 1. The predicted molar refractivity (Wildman–Crippen MR) is 103 cm³/mol. The molecule has 1 aliphatic rings. The molecule has 1 N–H and O–H groups in total. The lowest BCUT2D eigenvalue weighted by Crippen LogP contribution is -2.34. The molecule has 6 heteroatoms. The number of carbonyl (C=O) groups is 1. The van der Waals surface area contributed by atoms with E-state index in [1.807, 2.05) is 12.1 Å². The maximum Gasteiger partial charge on any atom is 0.225 e. The van der Waals surface area contributed by atoms with Crippen LogP contribution in [0.25, 0.3) is 0 Å². The van der Waals surface area contributed by atoms with Gasteiger partial charge in [0, 0.05) is 48.2 Å². The summed E-state index contributed by atoms with van der Waals surface area (Å²) in [4.78, 5) is 15.9. The Bertz CT molecular complexity index is 672. The predicted octanol–water partition coefficient (Wildman–Crippen LogP) is 4.41. The highest BCUT2D eigenvalue weighted by atomic mass is 35.5. The van der Waals surface area contributed by atoms with Crippen molar-refractivity contribution in [2.45, 2.75) is 31.9 Å². The highest BCUT2D eigenvalue weighted by molar-refractivity contribution is 7.09. The number of nitrogens with zero attached hydrogens (tertiary/aromatic N) is 1. The summed E-state index contributed by atoms with van der Waals surface area (Å²) in [6.45, 7) is 3.31. The van der Waals surface area contributed by atoms with E-state index >= 15 is 0 Å². The SMILES string of the molecule is O=C(CCN(Cc1cccs1)C[C@H]1CCCO1)Nc1cccc(Cl)c1. The lowest BCUT2D eigenvalue weighted by molar-refractivity contribution is -0.116. The van der Waals surface area contributed by atoms with Gasteiger partial charge < -0.3 is 10.1 Å². The molecular formula is C19H23ClN2O2S. The van der Waals surface area contributed by atoms with Crippen molar-refractivity contribution in [1.29, 1.82) is 0 Å². The largest absolute Gasteiger partial charge is 0.377 e. The molecule has 134 valence electrons. The van der Waals surface area contributed by atoms with Crippen LogP contribution in [0.1, 0.15) is 24.1 Å². The van der Waals surface area contributed by atoms with Gasteiger partial charge in [0.2, 0.25) is 5.91 Å². The van der Waals surface area contributed by atoms with Gasteiger partial charge in [-0.3, -0.25) is 9.69 Å². The molecule has 1 amide bonds. The van der Waals surface area contributed by atoms with Crippen LogP contribution in [0.15, 0.2) is 41.8 Å². The summed E-state index contributed by atoms with van der Waals surface area (Å²) in [6, 6.07) is 11.4. The Labute approximate surface area is 157 Å². The summed E-state index contributed by atoms with van der Waals surface area (Å²) in [6.07, 6.45) is 2.98. The summed E-state index contributed by atoms with van der Waals surface area (Å²) in [5, 5.41) is 5.62. The van der Waals surface area contributed by atoms with E-state index in [1.54, 1.807) is 23.5 Å². The lowest BCUT2D eigenvalue weighted by Gasteiger charge is -2.24. The van der Waals surface area contributed by atoms with Crippen molar-refractivity contribution in [3.8, 4) is 0 Å². The molecule has 2 heterocycles. The number of nitrogens with one attached hydrogen (secondary N) is 1. The first-order chi connectivity index (χ1) is 12.2. The standard InChI is InChI=1S/C19H23ClN2O2S/c20-15-4-1-5-16(12-15)21-19(23)8-9-22(13-17-6-2-10-24-17)14-18-7-3-11-25-18/h1,3-5,7,11-12,17H,2,6,8-10,13-14H2,(H,21,23)/t17-/m1/s1. The van der Waals surface area contributed by atoms with E-state index in [2.05, 4.69) is 27.7 Å². The van der Waals surface area contributed by atoms with Crippen LogP contribution in [-0.2, 0) is 16.1 Å². The van der Waals surface area contributed by atoms with Gasteiger partial charge in [-0.15, -0.1) is 11.3 Å². The molecule has 0 bridgehead atoms. The van der Waals surface area contributed by atoms with Gasteiger partial charge in [0.15, 0.2) is 0 Å². The van der Waals surface area contributed by atoms with Gasteiger partial charge in [0.25, 0.3) is 0 Å². The maximum atomic E-state index is 12.3. The first kappa shape index (κ1) is 18.4. The third-order valence-electron chi connectivity index (χ3n) is 4.21. The minimum atomic E-state index is 0.00536. The Morgan fingerprint density at radius 1 is 1.36 bits per heavy atom. The second kappa shape index (κ2) is 9.34. The number of halogens is 1. The van der Waals surface area contributed by atoms with Crippen molar-refractivity contribution in [3.63, 3.8) is 0 Å². The molecule has 2 aromatic rings. The number of rotatable bonds is 8. The molecule has 0 saturated carbocycles. The van der Waals surface area contributed by atoms with Gasteiger partial charge in [-0.25, -0.2) is 0 Å². The number of ether oxygens (including phenoxy) is 1. The smallest absolute Gasteiger partial charge is 0.225 e. The summed E-state index contributed by atoms with van der Waals surface area (Å²) in [7, 11) is 0. The molecule has 0 aliphatic carbocycles. The zero-order chi connectivity index (χ0) is 17.5. The van der Waals surface area contributed by atoms with Gasteiger partial charge in [-0.1, -0.05) is 23.7 Å². The third kappa shape index (κ3) is 6.12. The fourth-order valence-electron chi connectivity index (χ4n) is 2.98. The van der Waals surface area contributed by atoms with Crippen molar-refractivity contribution in [2.24, 2.45) is 0 Å². The molecule has 0 radical (unpaired) electrons. The van der Waals surface area contributed by atoms with Crippen LogP contribution in [-0.4, -0.2) is 36.6 Å². The first-order valence-electron chi connectivity index (χ1n) is 8.61. The molecule has 1 fully saturated rings. The molecule has 25 heavy (non-hydrogen) atoms. The Hall–Kier alpha value is -1.40. The third-order valence-corrected chi connectivity index (χ3v) is 5.31. The zero-order valence-corrected chi connectivity index (χ0v) is 15.7. The number of thiophene rings is 1. The van der Waals surface area contributed by atoms with Gasteiger partial charge in [0.05, 0.1) is 6.10 Å². The number of amides is 1. The fourth-order valence-corrected chi connectivity index (χ4v) is 3.92. The molecule has 4 nitrogen and oxygen atoms in total. The van der Waals surface area contributed by atoms with E-state index < -0.39 is 0 Å². The second-order valence-corrected chi connectivity index (χ2v) is 7.73. The number of hydrogen-bond acceptors (Lipinski definition) is 4. The first-order valence-corrected chi connectivity index (χ1v) is 9.86. The molecule has 1 aromatic carbocycles. The second-order valence-electron chi connectivity index (χ2n) is 6.26. The molecular weight excluding hydrogens is 356 g/mol. The number of benzene rings is 1. The van der Waals surface area contributed by atoms with Crippen LogP contribution in [0.2, 0.25) is 5.02 Å². The van der Waals surface area contributed by atoms with E-state index in [0.717, 1.165) is 38.2 Å². The molecule has 0 unspecified atom stereocenters. The summed E-state index contributed by atoms with van der Waals surface area (Å²) in [5.74, 6) is 0.00536. The maximum absolute atomic E-state index is 12.3. The van der Waals surface area contributed by atoms with Gasteiger partial charge >= 0.3 is 0 Å². The van der Waals surface area contributed by atoms with Crippen LogP contribution >= 0.6 is 22.9 Å². The van der Waals surface area contributed by atoms with E-state index in [4.69, 9.17) is 16.3 Å². The minimum Gasteiger partial charge on any atom is -0.377 e. The topological polar surface area (TPSA) is 41.6 Å². The van der Waals surface area contributed by atoms with Crippen molar-refractivity contribution < 1.29 is 9.53 Å². The number of hydrogen-bond donors (Lipinski definition) is 1. The van der Waals surface area contributed by atoms with Crippen LogP contribution in [0, 0.1) is 0 Å². The van der Waals surface area contributed by atoms with Gasteiger partial charge in [0.1, 0.15) is 0 Å². The van der Waals surface area contributed by atoms with Crippen LogP contribution in [0.3, 0.4) is 0 Å². The average molecular weight is 379 g/mol. The van der Waals surface area contributed by atoms with E-state index in [9.17, 15) is 4.79 Å². The monoisotopic (exact) mass is 378 g/mol. The number of anilines is 1. The van der Waals surface area contributed by atoms with Gasteiger partial charge in [-0.05, 0) is 42.5 Å². The summed E-state index contributed by atoms with van der Waals surface area (Å²) in [5.41, 5.74) is 0.737. The van der Waals surface area contributed by atoms with E-state index in [-0.39, 0.29) is 12.0 Å². The van der Waals surface area contributed by atoms with Crippen LogP contribution in [0.5, 0.6) is 0 Å². The average Bonchev–Trinajstić information content (AvgIpc) is 3.26. The van der Waals surface area contributed by atoms with Crippen LogP contribution < -0.4 is 5.32 Å². The fraction of sp³-hybridized carbons (Fsp3) is 0.421. The highest BCUT2D eigenvalue weighted by Crippen LogP contribution is 2.18. The summed E-state index contributed by atoms with van der Waals surface area (Å²) >= 11 is 7.71. The molecule has 1 aromatic heterocycles. The highest BCUT2D eigenvalue weighted by Gasteiger charge is 2.20. The van der Waals surface area contributed by atoms with Crippen LogP contribution in [0.4, 0.5) is 5.69 Å². The Balaban J connectivity index is 1.52. The van der Waals surface area contributed by atoms with Gasteiger partial charge in [-0.2, -0.15) is 0 Å². The van der Waals surface area contributed by atoms with Crippen molar-refractivity contribution >= 4 is 34.5 Å². The van der Waals surface area contributed by atoms with E-state index in [1.165, 1.54) is 4.88 Å². The Kier molecular flexibility index (Phi) is 6.87. The van der Waals surface area contributed by atoms with Crippen molar-refractivity contribution in [1.82, 2.24) is 4.90 Å². The van der Waals surface area contributed by atoms with Crippen molar-refractivity contribution in [2.75, 3.05) is 25.0 Å². The quantitative estimate of drug-likeness (QED) is 0.739. The Morgan fingerprint density at radius 3 is 3.00 bits per heavy atom. The normalized spacial score (nSPS) is 17.1. The minimum absolute atomic E-state index is 0.00536. The van der Waals surface area contributed by atoms with E-state index in [0.29, 0.717) is 18.0 Å². The lowest BCUT2D eigenvalue weighted by atomic mass is 10.2. The Morgan fingerprint density at radius 2 is 2.28 bits per heavy atom. The molecule has 3 rings (SSSR count). The van der Waals surface area contributed by atoms with Crippen molar-refractivity contribution in [3.05, 3.63) is 51.7 Å². The molecule has 1 atom stereocenters.